The van der Waals surface area contributed by atoms with E-state index in [-0.39, 0.29) is 23.8 Å². The Bertz CT molecular complexity index is 903. The van der Waals surface area contributed by atoms with Crippen molar-refractivity contribution in [2.45, 2.75) is 6.54 Å². The van der Waals surface area contributed by atoms with E-state index in [1.165, 1.54) is 35.0 Å². The third-order valence-electron chi connectivity index (χ3n) is 3.57. The minimum absolute atomic E-state index is 0.212. The average molecular weight is 322 g/mol. The maximum absolute atomic E-state index is 12.9. The van der Waals surface area contributed by atoms with Crippen molar-refractivity contribution in [2.75, 3.05) is 0 Å². The summed E-state index contributed by atoms with van der Waals surface area (Å²) in [5, 5.41) is 2.76. The number of para-hydroxylation sites is 1. The Labute approximate surface area is 138 Å². The molecule has 4 nitrogen and oxygen atoms in total. The molecular weight excluding hydrogens is 307 g/mol. The van der Waals surface area contributed by atoms with Gasteiger partial charge in [0.15, 0.2) is 0 Å². The number of hydrogen-bond donors (Lipinski definition) is 1. The topological polar surface area (TPSA) is 51.1 Å². The van der Waals surface area contributed by atoms with Gasteiger partial charge in [0.25, 0.3) is 11.5 Å². The second-order valence-electron chi connectivity index (χ2n) is 5.27. The molecule has 120 valence electrons. The average Bonchev–Trinajstić information content (AvgIpc) is 2.62. The molecule has 1 aromatic heterocycles. The lowest BCUT2D eigenvalue weighted by atomic mass is 10.2. The molecule has 1 N–H and O–H groups in total. The molecule has 24 heavy (non-hydrogen) atoms. The van der Waals surface area contributed by atoms with Crippen LogP contribution in [0, 0.1) is 5.82 Å². The molecule has 0 saturated carbocycles. The van der Waals surface area contributed by atoms with Crippen molar-refractivity contribution in [3.8, 4) is 5.69 Å². The van der Waals surface area contributed by atoms with Crippen LogP contribution in [0.25, 0.3) is 5.69 Å². The lowest BCUT2D eigenvalue weighted by Crippen LogP contribution is -2.25. The third-order valence-corrected chi connectivity index (χ3v) is 3.57. The first-order valence-electron chi connectivity index (χ1n) is 7.44. The van der Waals surface area contributed by atoms with E-state index in [2.05, 4.69) is 5.32 Å². The molecule has 2 aromatic carbocycles. The molecule has 1 amide bonds. The van der Waals surface area contributed by atoms with Gasteiger partial charge in [-0.3, -0.25) is 14.2 Å². The van der Waals surface area contributed by atoms with Crippen molar-refractivity contribution in [1.82, 2.24) is 9.88 Å². The molecule has 0 saturated heterocycles. The fourth-order valence-electron chi connectivity index (χ4n) is 2.30. The van der Waals surface area contributed by atoms with Crippen LogP contribution in [0.3, 0.4) is 0 Å². The van der Waals surface area contributed by atoms with Gasteiger partial charge in [-0.1, -0.05) is 30.3 Å². The Hall–Kier alpha value is -3.21. The number of halogens is 1. The fourth-order valence-corrected chi connectivity index (χ4v) is 2.30. The number of nitrogens with zero attached hydrogens (tertiary/aromatic N) is 1. The largest absolute Gasteiger partial charge is 0.348 e. The molecule has 0 spiro atoms. The van der Waals surface area contributed by atoms with Crippen LogP contribution >= 0.6 is 0 Å². The third kappa shape index (κ3) is 3.57. The predicted octanol–water partition coefficient (Wildman–Crippen LogP) is 2.91. The molecule has 0 fully saturated rings. The zero-order valence-electron chi connectivity index (χ0n) is 12.8. The van der Waals surface area contributed by atoms with Gasteiger partial charge in [0.05, 0.1) is 5.56 Å². The zero-order chi connectivity index (χ0) is 16.9. The van der Waals surface area contributed by atoms with Gasteiger partial charge in [-0.15, -0.1) is 0 Å². The highest BCUT2D eigenvalue weighted by atomic mass is 19.1. The highest BCUT2D eigenvalue weighted by Crippen LogP contribution is 2.07. The first kappa shape index (κ1) is 15.7. The van der Waals surface area contributed by atoms with Crippen molar-refractivity contribution >= 4 is 5.91 Å². The Morgan fingerprint density at radius 2 is 1.67 bits per heavy atom. The number of rotatable bonds is 4. The van der Waals surface area contributed by atoms with Gasteiger partial charge in [0.2, 0.25) is 0 Å². The van der Waals surface area contributed by atoms with Gasteiger partial charge >= 0.3 is 0 Å². The van der Waals surface area contributed by atoms with Gasteiger partial charge in [-0.25, -0.2) is 4.39 Å². The number of benzene rings is 2. The molecule has 0 aliphatic carbocycles. The number of amides is 1. The van der Waals surface area contributed by atoms with E-state index in [9.17, 15) is 14.0 Å². The summed E-state index contributed by atoms with van der Waals surface area (Å²) in [6.07, 6.45) is 1.51. The molecule has 1 heterocycles. The number of aromatic nitrogens is 1. The Morgan fingerprint density at radius 3 is 2.38 bits per heavy atom. The summed E-state index contributed by atoms with van der Waals surface area (Å²) in [4.78, 5) is 24.3. The highest BCUT2D eigenvalue weighted by Gasteiger charge is 2.08. The van der Waals surface area contributed by atoms with E-state index >= 15 is 0 Å². The number of pyridine rings is 1. The van der Waals surface area contributed by atoms with Crippen LogP contribution < -0.4 is 10.9 Å². The van der Waals surface area contributed by atoms with Gasteiger partial charge in [-0.2, -0.15) is 0 Å². The summed E-state index contributed by atoms with van der Waals surface area (Å²) < 4.78 is 14.3. The number of carbonyl (C=O) groups excluding carboxylic acids is 1. The van der Waals surface area contributed by atoms with Crippen LogP contribution in [0.5, 0.6) is 0 Å². The second-order valence-corrected chi connectivity index (χ2v) is 5.27. The molecule has 0 bridgehead atoms. The van der Waals surface area contributed by atoms with E-state index in [0.29, 0.717) is 11.3 Å². The quantitative estimate of drug-likeness (QED) is 0.803. The maximum atomic E-state index is 12.9. The lowest BCUT2D eigenvalue weighted by Gasteiger charge is -2.09. The Morgan fingerprint density at radius 1 is 0.958 bits per heavy atom. The second kappa shape index (κ2) is 6.91. The molecule has 3 aromatic rings. The van der Waals surface area contributed by atoms with E-state index < -0.39 is 0 Å². The van der Waals surface area contributed by atoms with Crippen molar-refractivity contribution in [1.29, 1.82) is 0 Å². The highest BCUT2D eigenvalue weighted by molar-refractivity contribution is 5.93. The molecule has 5 heteroatoms. The SMILES string of the molecule is O=C(NCc1ccc(F)cc1)c1ccc(=O)n(-c2ccccc2)c1. The van der Waals surface area contributed by atoms with Crippen molar-refractivity contribution in [3.63, 3.8) is 0 Å². The summed E-state index contributed by atoms with van der Waals surface area (Å²) >= 11 is 0. The molecular formula is C19H15FN2O2. The summed E-state index contributed by atoms with van der Waals surface area (Å²) in [6.45, 7) is 0.281. The normalized spacial score (nSPS) is 10.4. The molecule has 0 aliphatic rings. The number of carbonyl (C=O) groups is 1. The summed E-state index contributed by atoms with van der Waals surface area (Å²) in [5.74, 6) is -0.621. The van der Waals surface area contributed by atoms with Crippen LogP contribution in [-0.4, -0.2) is 10.5 Å². The maximum Gasteiger partial charge on any atom is 0.255 e. The van der Waals surface area contributed by atoms with Gasteiger partial charge in [0.1, 0.15) is 5.82 Å². The van der Waals surface area contributed by atoms with Crippen LogP contribution in [0.1, 0.15) is 15.9 Å². The summed E-state index contributed by atoms with van der Waals surface area (Å²) in [6, 6.07) is 17.8. The predicted molar refractivity (Wildman–Crippen MR) is 89.6 cm³/mol. The van der Waals surface area contributed by atoms with Crippen molar-refractivity contribution < 1.29 is 9.18 Å². The molecule has 3 rings (SSSR count). The van der Waals surface area contributed by atoms with Crippen molar-refractivity contribution in [3.05, 3.63) is 100 Å². The van der Waals surface area contributed by atoms with Crippen LogP contribution in [-0.2, 0) is 6.54 Å². The van der Waals surface area contributed by atoms with E-state index in [0.717, 1.165) is 5.56 Å². The Balaban J connectivity index is 1.78. The molecule has 0 aliphatic heterocycles. The van der Waals surface area contributed by atoms with Crippen LogP contribution in [0.4, 0.5) is 4.39 Å². The minimum atomic E-state index is -0.319. The van der Waals surface area contributed by atoms with E-state index in [1.807, 2.05) is 18.2 Å². The Kier molecular flexibility index (Phi) is 4.52. The fraction of sp³-hybridized carbons (Fsp3) is 0.0526. The minimum Gasteiger partial charge on any atom is -0.348 e. The standard InChI is InChI=1S/C19H15FN2O2/c20-16-9-6-14(7-10-16)12-21-19(24)15-8-11-18(23)22(13-15)17-4-2-1-3-5-17/h1-11,13H,12H2,(H,21,24). The van der Waals surface area contributed by atoms with E-state index in [1.54, 1.807) is 24.3 Å². The smallest absolute Gasteiger partial charge is 0.255 e. The van der Waals surface area contributed by atoms with Crippen LogP contribution in [0.2, 0.25) is 0 Å². The van der Waals surface area contributed by atoms with Crippen molar-refractivity contribution in [2.24, 2.45) is 0 Å². The number of nitrogens with one attached hydrogen (secondary N) is 1. The monoisotopic (exact) mass is 322 g/mol. The molecule has 0 radical (unpaired) electrons. The molecule has 0 atom stereocenters. The summed E-state index contributed by atoms with van der Waals surface area (Å²) in [7, 11) is 0. The van der Waals surface area contributed by atoms with E-state index in [4.69, 9.17) is 0 Å². The lowest BCUT2D eigenvalue weighted by molar-refractivity contribution is 0.0950. The molecule has 0 unspecified atom stereocenters. The first-order valence-corrected chi connectivity index (χ1v) is 7.44. The van der Waals surface area contributed by atoms with Gasteiger partial charge in [0, 0.05) is 24.5 Å². The van der Waals surface area contributed by atoms with Gasteiger partial charge < -0.3 is 5.32 Å². The van der Waals surface area contributed by atoms with Gasteiger partial charge in [-0.05, 0) is 35.9 Å². The number of hydrogen-bond acceptors (Lipinski definition) is 2. The first-order chi connectivity index (χ1) is 11.6. The van der Waals surface area contributed by atoms with Crippen LogP contribution in [0.15, 0.2) is 77.7 Å². The zero-order valence-corrected chi connectivity index (χ0v) is 12.8. The summed E-state index contributed by atoms with van der Waals surface area (Å²) in [5.41, 5.74) is 1.65.